The Kier molecular flexibility index (Phi) is 10.9. The van der Waals surface area contributed by atoms with E-state index < -0.39 is 35.6 Å². The third-order valence-electron chi connectivity index (χ3n) is 6.76. The van der Waals surface area contributed by atoms with Crippen LogP contribution in [0, 0.1) is 24.2 Å². The van der Waals surface area contributed by atoms with E-state index >= 15 is 0 Å². The molecule has 5 atom stereocenters. The standard InChI is InChI=1S/C26H38INO5S/c1-15-8-7-9-19(27)10-11-21(16(2)12-20-14-34-18(4)28-20)33-23(30)13-22(29)26(5,6)25(32)17(3)24(15)31/h10,12,14-15,17,21-22,24,29,31H,7-9,11,13H2,1-6H3/b16-12+,19-10+/t15-,17+,21-,22-,24-/m0/s1. The van der Waals surface area contributed by atoms with Gasteiger partial charge in [-0.25, -0.2) is 4.98 Å². The van der Waals surface area contributed by atoms with Gasteiger partial charge in [0, 0.05) is 17.7 Å². The number of cyclic esters (lactones) is 1. The van der Waals surface area contributed by atoms with Gasteiger partial charge in [-0.05, 0) is 76.8 Å². The molecule has 6 nitrogen and oxygen atoms in total. The number of halogens is 1. The van der Waals surface area contributed by atoms with Gasteiger partial charge < -0.3 is 14.9 Å². The number of allylic oxidation sites excluding steroid dienone is 1. The Bertz CT molecular complexity index is 922. The predicted molar refractivity (Wildman–Crippen MR) is 145 cm³/mol. The zero-order valence-electron chi connectivity index (χ0n) is 21.0. The number of aryl methyl sites for hydroxylation is 1. The van der Waals surface area contributed by atoms with Gasteiger partial charge in [-0.3, -0.25) is 9.59 Å². The van der Waals surface area contributed by atoms with Crippen molar-refractivity contribution in [1.82, 2.24) is 4.98 Å². The number of aromatic nitrogens is 1. The lowest BCUT2D eigenvalue weighted by Crippen LogP contribution is -2.45. The highest BCUT2D eigenvalue weighted by Gasteiger charge is 2.42. The maximum absolute atomic E-state index is 13.2. The van der Waals surface area contributed by atoms with Crippen LogP contribution in [0.1, 0.15) is 77.4 Å². The molecule has 0 bridgehead atoms. The van der Waals surface area contributed by atoms with Crippen molar-refractivity contribution in [2.45, 2.75) is 92.0 Å². The lowest BCUT2D eigenvalue weighted by Gasteiger charge is -2.34. The average molecular weight is 604 g/mol. The molecule has 0 aliphatic carbocycles. The Morgan fingerprint density at radius 2 is 1.97 bits per heavy atom. The Labute approximate surface area is 221 Å². The van der Waals surface area contributed by atoms with E-state index in [1.165, 1.54) is 0 Å². The molecule has 2 heterocycles. The van der Waals surface area contributed by atoms with Crippen molar-refractivity contribution < 1.29 is 24.5 Å². The molecule has 0 aromatic carbocycles. The molecule has 1 aromatic heterocycles. The Hall–Kier alpha value is -1.10. The number of ether oxygens (including phenoxy) is 1. The van der Waals surface area contributed by atoms with Gasteiger partial charge in [0.15, 0.2) is 0 Å². The second-order valence-corrected chi connectivity index (χ2v) is 12.4. The molecule has 0 fully saturated rings. The first-order valence-corrected chi connectivity index (χ1v) is 13.8. The summed E-state index contributed by atoms with van der Waals surface area (Å²) < 4.78 is 6.97. The molecule has 0 saturated heterocycles. The quantitative estimate of drug-likeness (QED) is 0.336. The third kappa shape index (κ3) is 7.96. The molecular weight excluding hydrogens is 565 g/mol. The van der Waals surface area contributed by atoms with Crippen molar-refractivity contribution >= 4 is 51.8 Å². The number of hydrogen-bond donors (Lipinski definition) is 2. The van der Waals surface area contributed by atoms with Crippen molar-refractivity contribution in [1.29, 1.82) is 0 Å². The predicted octanol–water partition coefficient (Wildman–Crippen LogP) is 5.64. The highest BCUT2D eigenvalue weighted by Crippen LogP contribution is 2.33. The van der Waals surface area contributed by atoms with Crippen LogP contribution in [-0.2, 0) is 14.3 Å². The number of Topliss-reactive ketones (excluding diaryl/α,β-unsaturated/α-hetero) is 1. The van der Waals surface area contributed by atoms with Crippen LogP contribution in [0.25, 0.3) is 6.08 Å². The molecule has 0 radical (unpaired) electrons. The van der Waals surface area contributed by atoms with E-state index in [4.69, 9.17) is 4.74 Å². The number of esters is 1. The van der Waals surface area contributed by atoms with Crippen LogP contribution in [-0.4, -0.2) is 45.3 Å². The average Bonchev–Trinajstić information content (AvgIpc) is 3.18. The third-order valence-corrected chi connectivity index (χ3v) is 8.53. The fourth-order valence-corrected chi connectivity index (χ4v) is 5.42. The zero-order chi connectivity index (χ0) is 25.6. The van der Waals surface area contributed by atoms with Gasteiger partial charge in [0.2, 0.25) is 0 Å². The molecule has 0 unspecified atom stereocenters. The Morgan fingerprint density at radius 3 is 2.59 bits per heavy atom. The minimum absolute atomic E-state index is 0.0477. The van der Waals surface area contributed by atoms with Crippen LogP contribution in [0.4, 0.5) is 0 Å². The van der Waals surface area contributed by atoms with Gasteiger partial charge in [0.25, 0.3) is 0 Å². The van der Waals surface area contributed by atoms with Crippen molar-refractivity contribution in [3.63, 3.8) is 0 Å². The van der Waals surface area contributed by atoms with Crippen LogP contribution in [0.2, 0.25) is 0 Å². The first kappa shape index (κ1) is 29.1. The topological polar surface area (TPSA) is 96.7 Å². The molecular formula is C26H38INO5S. The van der Waals surface area contributed by atoms with E-state index in [0.29, 0.717) is 6.42 Å². The summed E-state index contributed by atoms with van der Waals surface area (Å²) in [6.07, 6.45) is 4.27. The molecule has 1 aliphatic rings. The normalized spacial score (nSPS) is 32.1. The summed E-state index contributed by atoms with van der Waals surface area (Å²) in [4.78, 5) is 30.5. The molecule has 34 heavy (non-hydrogen) atoms. The van der Waals surface area contributed by atoms with Crippen molar-refractivity contribution in [3.05, 3.63) is 31.3 Å². The summed E-state index contributed by atoms with van der Waals surface area (Å²) in [5, 5.41) is 24.5. The van der Waals surface area contributed by atoms with Crippen molar-refractivity contribution in [2.24, 2.45) is 17.3 Å². The molecule has 1 aromatic rings. The monoisotopic (exact) mass is 603 g/mol. The Balaban J connectivity index is 2.33. The number of aliphatic hydroxyl groups is 2. The van der Waals surface area contributed by atoms with Crippen molar-refractivity contribution in [2.75, 3.05) is 0 Å². The number of thiazole rings is 1. The minimum atomic E-state index is -1.22. The highest BCUT2D eigenvalue weighted by atomic mass is 127. The molecule has 1 aliphatic heterocycles. The Morgan fingerprint density at radius 1 is 1.29 bits per heavy atom. The number of rotatable bonds is 2. The van der Waals surface area contributed by atoms with Gasteiger partial charge in [-0.2, -0.15) is 0 Å². The van der Waals surface area contributed by atoms with Crippen molar-refractivity contribution in [3.8, 4) is 0 Å². The van der Waals surface area contributed by atoms with E-state index in [2.05, 4.69) is 33.7 Å². The van der Waals surface area contributed by atoms with Crippen LogP contribution in [0.15, 0.2) is 20.6 Å². The van der Waals surface area contributed by atoms with Gasteiger partial charge in [0.1, 0.15) is 11.9 Å². The largest absolute Gasteiger partial charge is 0.457 e. The second kappa shape index (κ2) is 12.7. The smallest absolute Gasteiger partial charge is 0.309 e. The highest BCUT2D eigenvalue weighted by molar-refractivity contribution is 14.1. The van der Waals surface area contributed by atoms with E-state index in [1.54, 1.807) is 32.1 Å². The fourth-order valence-electron chi connectivity index (χ4n) is 4.22. The van der Waals surface area contributed by atoms with Crippen LogP contribution in [0.5, 0.6) is 0 Å². The summed E-state index contributed by atoms with van der Waals surface area (Å²) >= 11 is 3.87. The van der Waals surface area contributed by atoms with E-state index in [-0.39, 0.29) is 18.1 Å². The number of hydrogen-bond acceptors (Lipinski definition) is 7. The maximum Gasteiger partial charge on any atom is 0.309 e. The van der Waals surface area contributed by atoms with Crippen LogP contribution < -0.4 is 0 Å². The minimum Gasteiger partial charge on any atom is -0.457 e. The van der Waals surface area contributed by atoms with Gasteiger partial charge in [-0.15, -0.1) is 11.3 Å². The summed E-state index contributed by atoms with van der Waals surface area (Å²) in [7, 11) is 0. The number of nitrogens with zero attached hydrogens (tertiary/aromatic N) is 1. The van der Waals surface area contributed by atoms with Gasteiger partial charge in [-0.1, -0.05) is 33.8 Å². The lowest BCUT2D eigenvalue weighted by atomic mass is 9.73. The SMILES string of the molecule is C/C(=C\c1csc(C)n1)[C@@H]1C/C=C(/I)CCC[C@H](C)[C@H](O)[C@@H](C)C(=O)C(C)(C)[C@@H](O)CC(=O)O1. The molecule has 2 rings (SSSR count). The number of ketones is 1. The summed E-state index contributed by atoms with van der Waals surface area (Å²) in [5.74, 6) is -1.50. The summed E-state index contributed by atoms with van der Waals surface area (Å²) in [6.45, 7) is 10.8. The zero-order valence-corrected chi connectivity index (χ0v) is 24.0. The van der Waals surface area contributed by atoms with Crippen LogP contribution >= 0.6 is 33.9 Å². The lowest BCUT2D eigenvalue weighted by molar-refractivity contribution is -0.154. The molecule has 0 spiro atoms. The van der Waals surface area contributed by atoms with E-state index in [9.17, 15) is 19.8 Å². The number of carbonyl (C=O) groups is 2. The molecule has 190 valence electrons. The van der Waals surface area contributed by atoms with Crippen LogP contribution in [0.3, 0.4) is 0 Å². The number of aliphatic hydroxyl groups excluding tert-OH is 2. The first-order chi connectivity index (χ1) is 15.8. The van der Waals surface area contributed by atoms with Gasteiger partial charge >= 0.3 is 5.97 Å². The summed E-state index contributed by atoms with van der Waals surface area (Å²) in [5.41, 5.74) is 0.509. The molecule has 2 N–H and O–H groups in total. The van der Waals surface area contributed by atoms with Gasteiger partial charge in [0.05, 0.1) is 34.7 Å². The maximum atomic E-state index is 13.2. The van der Waals surface area contributed by atoms with E-state index in [0.717, 1.165) is 39.1 Å². The first-order valence-electron chi connectivity index (χ1n) is 11.9. The number of carbonyl (C=O) groups excluding carboxylic acids is 2. The van der Waals surface area contributed by atoms with E-state index in [1.807, 2.05) is 32.2 Å². The fraction of sp³-hybridized carbons (Fsp3) is 0.654. The molecule has 0 saturated carbocycles. The molecule has 0 amide bonds. The molecule has 8 heteroatoms. The summed E-state index contributed by atoms with van der Waals surface area (Å²) in [6, 6.07) is 0. The second-order valence-electron chi connectivity index (χ2n) is 10.00.